The molecule has 0 heterocycles. The molecule has 3 nitrogen and oxygen atoms in total. The number of para-hydroxylation sites is 1. The van der Waals surface area contributed by atoms with Crippen molar-refractivity contribution < 1.29 is 4.79 Å². The predicted molar refractivity (Wildman–Crippen MR) is 78.7 cm³/mol. The topological polar surface area (TPSA) is 32.7 Å². The molecule has 0 bridgehead atoms. The molecule has 1 aliphatic rings. The molecular weight excluding hydrogens is 240 g/mol. The summed E-state index contributed by atoms with van der Waals surface area (Å²) in [4.78, 5) is 11.5. The number of Topliss-reactive ketones (excluding diaryl/α,β-unsaturated/α-hetero) is 1. The van der Waals surface area contributed by atoms with E-state index < -0.39 is 8.96 Å². The molecular formula is C14H20N2OSi. The Hall–Kier alpha value is -1.42. The van der Waals surface area contributed by atoms with Gasteiger partial charge in [0.05, 0.1) is 0 Å². The molecule has 4 heteroatoms. The van der Waals surface area contributed by atoms with E-state index in [9.17, 15) is 4.79 Å². The van der Waals surface area contributed by atoms with E-state index in [1.807, 2.05) is 18.2 Å². The largest absolute Gasteiger partial charge is 0.299 e. The Morgan fingerprint density at radius 1 is 1.17 bits per heavy atom. The Labute approximate surface area is 110 Å². The van der Waals surface area contributed by atoms with Gasteiger partial charge in [-0.3, -0.25) is 9.47 Å². The summed E-state index contributed by atoms with van der Waals surface area (Å²) in [7, 11) is -1.07. The summed E-state index contributed by atoms with van der Waals surface area (Å²) >= 11 is 0. The molecule has 96 valence electrons. The standard InChI is InChI=1S/C14H20N2OSi/c1-18(2)16(13-8-4-3-5-9-13)15-12-7-6-10-14(17)11-12/h3-5,8-9,18H,6-7,10-11H2,1-2H3. The molecule has 1 aromatic rings. The predicted octanol–water partition coefficient (Wildman–Crippen LogP) is 2.98. The first-order chi connectivity index (χ1) is 8.66. The fraction of sp³-hybridized carbons (Fsp3) is 0.429. The van der Waals surface area contributed by atoms with Crippen LogP contribution in [0.1, 0.15) is 25.7 Å². The van der Waals surface area contributed by atoms with E-state index in [1.165, 1.54) is 0 Å². The van der Waals surface area contributed by atoms with Crippen LogP contribution in [0.25, 0.3) is 0 Å². The van der Waals surface area contributed by atoms with E-state index in [0.717, 1.165) is 30.7 Å². The Kier molecular flexibility index (Phi) is 4.31. The Morgan fingerprint density at radius 2 is 1.89 bits per heavy atom. The van der Waals surface area contributed by atoms with E-state index in [0.29, 0.717) is 12.2 Å². The van der Waals surface area contributed by atoms with Gasteiger partial charge in [-0.15, -0.1) is 0 Å². The van der Waals surface area contributed by atoms with Gasteiger partial charge in [-0.25, -0.2) is 0 Å². The van der Waals surface area contributed by atoms with Gasteiger partial charge in [0.2, 0.25) is 0 Å². The molecule has 18 heavy (non-hydrogen) atoms. The number of nitrogens with zero attached hydrogens (tertiary/aromatic N) is 2. The van der Waals surface area contributed by atoms with Crippen molar-refractivity contribution in [2.24, 2.45) is 5.10 Å². The summed E-state index contributed by atoms with van der Waals surface area (Å²) in [6.07, 6.45) is 3.20. The highest BCUT2D eigenvalue weighted by Gasteiger charge is 2.17. The van der Waals surface area contributed by atoms with Crippen molar-refractivity contribution in [3.63, 3.8) is 0 Å². The van der Waals surface area contributed by atoms with Crippen molar-refractivity contribution >= 4 is 26.1 Å². The minimum absolute atomic E-state index is 0.332. The first-order valence-electron chi connectivity index (χ1n) is 6.59. The molecule has 0 atom stereocenters. The van der Waals surface area contributed by atoms with Crippen LogP contribution in [-0.2, 0) is 4.79 Å². The highest BCUT2D eigenvalue weighted by atomic mass is 28.3. The van der Waals surface area contributed by atoms with Gasteiger partial charge in [0.25, 0.3) is 0 Å². The molecule has 1 saturated carbocycles. The quantitative estimate of drug-likeness (QED) is 0.618. The van der Waals surface area contributed by atoms with Gasteiger partial charge in [-0.1, -0.05) is 31.3 Å². The normalized spacial score (nSPS) is 18.4. The monoisotopic (exact) mass is 260 g/mol. The molecule has 1 fully saturated rings. The molecule has 0 radical (unpaired) electrons. The molecule has 0 amide bonds. The highest BCUT2D eigenvalue weighted by Crippen LogP contribution is 2.19. The maximum atomic E-state index is 11.5. The third-order valence-corrected chi connectivity index (χ3v) is 4.47. The maximum Gasteiger partial charge on any atom is 0.164 e. The lowest BCUT2D eigenvalue weighted by atomic mass is 9.97. The minimum atomic E-state index is -1.07. The van der Waals surface area contributed by atoms with Crippen molar-refractivity contribution in [1.82, 2.24) is 0 Å². The van der Waals surface area contributed by atoms with E-state index in [-0.39, 0.29) is 0 Å². The van der Waals surface area contributed by atoms with Crippen LogP contribution in [0, 0.1) is 0 Å². The number of benzene rings is 1. The second-order valence-corrected chi connectivity index (χ2v) is 7.69. The SMILES string of the molecule is C[SiH](C)N(N=C1CCCC(=O)C1)c1ccccc1. The van der Waals surface area contributed by atoms with Gasteiger partial charge in [0, 0.05) is 24.2 Å². The first-order valence-corrected chi connectivity index (χ1v) is 9.41. The molecule has 1 aliphatic carbocycles. The molecule has 0 aliphatic heterocycles. The van der Waals surface area contributed by atoms with Crippen molar-refractivity contribution in [2.75, 3.05) is 4.67 Å². The van der Waals surface area contributed by atoms with Crippen molar-refractivity contribution in [2.45, 2.75) is 38.8 Å². The van der Waals surface area contributed by atoms with Crippen LogP contribution >= 0.6 is 0 Å². The second-order valence-electron chi connectivity index (χ2n) is 5.01. The van der Waals surface area contributed by atoms with Crippen LogP contribution < -0.4 is 4.67 Å². The van der Waals surface area contributed by atoms with Crippen LogP contribution in [0.5, 0.6) is 0 Å². The van der Waals surface area contributed by atoms with Crippen LogP contribution in [0.15, 0.2) is 35.4 Å². The Morgan fingerprint density at radius 3 is 2.50 bits per heavy atom. The number of rotatable bonds is 3. The number of hydrogen-bond acceptors (Lipinski definition) is 3. The lowest BCUT2D eigenvalue weighted by Gasteiger charge is -2.25. The number of carbonyl (C=O) groups excluding carboxylic acids is 1. The zero-order valence-electron chi connectivity index (χ0n) is 11.1. The van der Waals surface area contributed by atoms with Gasteiger partial charge in [0.1, 0.15) is 5.78 Å². The minimum Gasteiger partial charge on any atom is -0.299 e. The number of hydrogen-bond donors (Lipinski definition) is 0. The van der Waals surface area contributed by atoms with E-state index >= 15 is 0 Å². The Bertz CT molecular complexity index is 442. The van der Waals surface area contributed by atoms with Crippen LogP contribution in [0.4, 0.5) is 5.69 Å². The lowest BCUT2D eigenvalue weighted by molar-refractivity contribution is -0.118. The number of hydrazone groups is 1. The number of ketones is 1. The Balaban J connectivity index is 2.21. The third kappa shape index (κ3) is 3.29. The van der Waals surface area contributed by atoms with Crippen molar-refractivity contribution in [3.05, 3.63) is 30.3 Å². The fourth-order valence-corrected chi connectivity index (χ4v) is 3.35. The smallest absolute Gasteiger partial charge is 0.164 e. The fourth-order valence-electron chi connectivity index (χ4n) is 2.18. The summed E-state index contributed by atoms with van der Waals surface area (Å²) in [6, 6.07) is 10.3. The van der Waals surface area contributed by atoms with Crippen LogP contribution in [-0.4, -0.2) is 20.5 Å². The van der Waals surface area contributed by atoms with Gasteiger partial charge < -0.3 is 0 Å². The summed E-state index contributed by atoms with van der Waals surface area (Å²) in [5.74, 6) is 0.332. The summed E-state index contributed by atoms with van der Waals surface area (Å²) < 4.78 is 2.15. The number of anilines is 1. The van der Waals surface area contributed by atoms with Gasteiger partial charge in [-0.2, -0.15) is 5.10 Å². The molecule has 0 aromatic heterocycles. The van der Waals surface area contributed by atoms with Gasteiger partial charge in [0.15, 0.2) is 8.96 Å². The van der Waals surface area contributed by atoms with Crippen LogP contribution in [0.3, 0.4) is 0 Å². The third-order valence-electron chi connectivity index (χ3n) is 3.08. The average molecular weight is 260 g/mol. The average Bonchev–Trinajstić information content (AvgIpc) is 2.37. The van der Waals surface area contributed by atoms with Gasteiger partial charge >= 0.3 is 0 Å². The van der Waals surface area contributed by atoms with E-state index in [2.05, 4.69) is 29.9 Å². The van der Waals surface area contributed by atoms with Gasteiger partial charge in [-0.05, 0) is 25.0 Å². The number of carbonyl (C=O) groups is 1. The van der Waals surface area contributed by atoms with Crippen molar-refractivity contribution in [1.29, 1.82) is 0 Å². The van der Waals surface area contributed by atoms with E-state index in [4.69, 9.17) is 5.10 Å². The summed E-state index contributed by atoms with van der Waals surface area (Å²) in [5, 5.41) is 4.75. The lowest BCUT2D eigenvalue weighted by Crippen LogP contribution is -2.31. The van der Waals surface area contributed by atoms with Crippen LogP contribution in [0.2, 0.25) is 13.1 Å². The summed E-state index contributed by atoms with van der Waals surface area (Å²) in [5.41, 5.74) is 2.20. The molecule has 1 aromatic carbocycles. The van der Waals surface area contributed by atoms with Crippen molar-refractivity contribution in [3.8, 4) is 0 Å². The molecule has 0 N–H and O–H groups in total. The first kappa shape index (κ1) is 13.0. The molecule has 2 rings (SSSR count). The maximum absolute atomic E-state index is 11.5. The van der Waals surface area contributed by atoms with E-state index in [1.54, 1.807) is 0 Å². The molecule has 0 spiro atoms. The second kappa shape index (κ2) is 5.95. The zero-order chi connectivity index (χ0) is 13.0. The molecule has 0 saturated heterocycles. The molecule has 0 unspecified atom stereocenters. The summed E-state index contributed by atoms with van der Waals surface area (Å²) in [6.45, 7) is 4.50. The zero-order valence-corrected chi connectivity index (χ0v) is 12.2. The highest BCUT2D eigenvalue weighted by molar-refractivity contribution is 6.60.